The number of pyridine rings is 1. The van der Waals surface area contributed by atoms with Gasteiger partial charge < -0.3 is 0 Å². The van der Waals surface area contributed by atoms with Crippen molar-refractivity contribution in [1.29, 1.82) is 0 Å². The molecule has 1 saturated heterocycles. The highest BCUT2D eigenvalue weighted by Gasteiger charge is 2.28. The van der Waals surface area contributed by atoms with Crippen LogP contribution >= 0.6 is 0 Å². The van der Waals surface area contributed by atoms with Crippen LogP contribution in [-0.4, -0.2) is 53.2 Å². The average Bonchev–Trinajstić information content (AvgIpc) is 2.68. The van der Waals surface area contributed by atoms with E-state index in [1.165, 1.54) is 28.6 Å². The van der Waals surface area contributed by atoms with Crippen LogP contribution in [0.15, 0.2) is 58.2 Å². The lowest BCUT2D eigenvalue weighted by Crippen LogP contribution is -2.48. The molecule has 0 atom stereocenters. The first-order valence-electron chi connectivity index (χ1n) is 9.31. The summed E-state index contributed by atoms with van der Waals surface area (Å²) < 4.78 is 41.8. The number of sulfonamides is 1. The van der Waals surface area contributed by atoms with Crippen molar-refractivity contribution in [2.45, 2.75) is 18.4 Å². The van der Waals surface area contributed by atoms with Gasteiger partial charge in [0.1, 0.15) is 11.5 Å². The molecule has 1 aliphatic heterocycles. The molecular weight excluding hydrogens is 395 g/mol. The molecule has 0 saturated carbocycles. The van der Waals surface area contributed by atoms with Gasteiger partial charge in [0.05, 0.1) is 10.6 Å². The van der Waals surface area contributed by atoms with Crippen LogP contribution in [0, 0.1) is 12.7 Å². The second-order valence-electron chi connectivity index (χ2n) is 7.08. The van der Waals surface area contributed by atoms with Gasteiger partial charge in [-0.3, -0.25) is 14.1 Å². The summed E-state index contributed by atoms with van der Waals surface area (Å²) in [6.45, 7) is 3.92. The van der Waals surface area contributed by atoms with Gasteiger partial charge in [0, 0.05) is 44.5 Å². The SMILES string of the molecule is Cc1cccc2nc(CN3CCN(S(=O)(=O)c4cccc(F)c4)CC3)cc(=O)n12. The number of hydrogen-bond acceptors (Lipinski definition) is 5. The summed E-state index contributed by atoms with van der Waals surface area (Å²) in [6.07, 6.45) is 0. The Bertz CT molecular complexity index is 1220. The second-order valence-corrected chi connectivity index (χ2v) is 9.02. The molecule has 9 heteroatoms. The highest BCUT2D eigenvalue weighted by atomic mass is 32.2. The first-order chi connectivity index (χ1) is 13.8. The maximum absolute atomic E-state index is 13.4. The van der Waals surface area contributed by atoms with Crippen LogP contribution < -0.4 is 5.56 Å². The van der Waals surface area contributed by atoms with Crippen molar-refractivity contribution in [3.05, 3.63) is 76.1 Å². The lowest BCUT2D eigenvalue weighted by Gasteiger charge is -2.33. The smallest absolute Gasteiger partial charge is 0.258 e. The minimum atomic E-state index is -3.72. The van der Waals surface area contributed by atoms with Crippen molar-refractivity contribution in [3.63, 3.8) is 0 Å². The van der Waals surface area contributed by atoms with E-state index in [1.54, 1.807) is 10.5 Å². The Morgan fingerprint density at radius 2 is 1.76 bits per heavy atom. The minimum Gasteiger partial charge on any atom is -0.295 e. The zero-order valence-electron chi connectivity index (χ0n) is 16.0. The van der Waals surface area contributed by atoms with Gasteiger partial charge in [-0.25, -0.2) is 17.8 Å². The van der Waals surface area contributed by atoms with Crippen LogP contribution in [0.1, 0.15) is 11.4 Å². The summed E-state index contributed by atoms with van der Waals surface area (Å²) in [6, 6.07) is 12.1. The highest BCUT2D eigenvalue weighted by molar-refractivity contribution is 7.89. The van der Waals surface area contributed by atoms with E-state index >= 15 is 0 Å². The zero-order valence-corrected chi connectivity index (χ0v) is 16.8. The quantitative estimate of drug-likeness (QED) is 0.647. The summed E-state index contributed by atoms with van der Waals surface area (Å²) in [5.41, 5.74) is 1.94. The fourth-order valence-electron chi connectivity index (χ4n) is 3.58. The first-order valence-corrected chi connectivity index (χ1v) is 10.7. The molecule has 29 heavy (non-hydrogen) atoms. The van der Waals surface area contributed by atoms with Gasteiger partial charge >= 0.3 is 0 Å². The van der Waals surface area contributed by atoms with Crippen molar-refractivity contribution in [3.8, 4) is 0 Å². The Hall–Kier alpha value is -2.62. The Balaban J connectivity index is 1.47. The van der Waals surface area contributed by atoms with Crippen molar-refractivity contribution >= 4 is 15.7 Å². The highest BCUT2D eigenvalue weighted by Crippen LogP contribution is 2.19. The van der Waals surface area contributed by atoms with Crippen molar-refractivity contribution in [2.75, 3.05) is 26.2 Å². The average molecular weight is 416 g/mol. The molecule has 0 spiro atoms. The van der Waals surface area contributed by atoms with Gasteiger partial charge in [-0.1, -0.05) is 12.1 Å². The van der Waals surface area contributed by atoms with E-state index in [-0.39, 0.29) is 10.5 Å². The van der Waals surface area contributed by atoms with Crippen LogP contribution in [0.25, 0.3) is 5.65 Å². The number of aryl methyl sites for hydroxylation is 1. The molecule has 3 aromatic rings. The normalized spacial score (nSPS) is 16.3. The Morgan fingerprint density at radius 3 is 2.48 bits per heavy atom. The number of hydrogen-bond donors (Lipinski definition) is 0. The van der Waals surface area contributed by atoms with Crippen molar-refractivity contribution in [1.82, 2.24) is 18.6 Å². The van der Waals surface area contributed by atoms with Crippen LogP contribution in [0.2, 0.25) is 0 Å². The van der Waals surface area contributed by atoms with E-state index in [0.717, 1.165) is 11.8 Å². The number of rotatable bonds is 4. The zero-order chi connectivity index (χ0) is 20.6. The van der Waals surface area contributed by atoms with Gasteiger partial charge in [-0.05, 0) is 37.3 Å². The standard InChI is InChI=1S/C20H21FN4O3S/c1-15-4-2-7-19-22-17(13-20(26)25(15)19)14-23-8-10-24(11-9-23)29(27,28)18-6-3-5-16(21)12-18/h2-7,12-13H,8-11,14H2,1H3. The van der Waals surface area contributed by atoms with E-state index in [9.17, 15) is 17.6 Å². The maximum atomic E-state index is 13.4. The maximum Gasteiger partial charge on any atom is 0.258 e. The molecule has 4 rings (SSSR count). The summed E-state index contributed by atoms with van der Waals surface area (Å²) in [7, 11) is -3.72. The fourth-order valence-corrected chi connectivity index (χ4v) is 5.03. The first kappa shape index (κ1) is 19.7. The van der Waals surface area contributed by atoms with E-state index in [0.29, 0.717) is 44.1 Å². The Morgan fingerprint density at radius 1 is 1.03 bits per heavy atom. The molecule has 152 valence electrons. The number of halogens is 1. The molecule has 0 aliphatic carbocycles. The van der Waals surface area contributed by atoms with Crippen LogP contribution in [-0.2, 0) is 16.6 Å². The van der Waals surface area contributed by atoms with Gasteiger partial charge in [-0.15, -0.1) is 0 Å². The molecule has 2 aromatic heterocycles. The summed E-state index contributed by atoms with van der Waals surface area (Å²) in [5, 5.41) is 0. The molecular formula is C20H21FN4O3S. The van der Waals surface area contributed by atoms with Gasteiger partial charge in [0.15, 0.2) is 0 Å². The molecule has 1 aromatic carbocycles. The predicted molar refractivity (Wildman–Crippen MR) is 107 cm³/mol. The number of piperazine rings is 1. The molecule has 0 N–H and O–H groups in total. The van der Waals surface area contributed by atoms with Gasteiger partial charge in [0.25, 0.3) is 5.56 Å². The molecule has 0 radical (unpaired) electrons. The van der Waals surface area contributed by atoms with Gasteiger partial charge in [0.2, 0.25) is 10.0 Å². The molecule has 0 unspecified atom stereocenters. The fraction of sp³-hybridized carbons (Fsp3) is 0.300. The topological polar surface area (TPSA) is 75.0 Å². The molecule has 1 aliphatic rings. The largest absolute Gasteiger partial charge is 0.295 e. The van der Waals surface area contributed by atoms with Crippen LogP contribution in [0.4, 0.5) is 4.39 Å². The third-order valence-corrected chi connectivity index (χ3v) is 6.98. The minimum absolute atomic E-state index is 0.0365. The Labute approximate surface area is 168 Å². The Kier molecular flexibility index (Phi) is 5.20. The third kappa shape index (κ3) is 3.93. The molecule has 0 amide bonds. The molecule has 7 nitrogen and oxygen atoms in total. The van der Waals surface area contributed by atoms with E-state index in [4.69, 9.17) is 0 Å². The number of nitrogens with zero attached hydrogens (tertiary/aromatic N) is 4. The van der Waals surface area contributed by atoms with E-state index in [2.05, 4.69) is 9.88 Å². The predicted octanol–water partition coefficient (Wildman–Crippen LogP) is 1.65. The monoisotopic (exact) mass is 416 g/mol. The summed E-state index contributed by atoms with van der Waals surface area (Å²) in [4.78, 5) is 19.0. The van der Waals surface area contributed by atoms with Crippen molar-refractivity contribution in [2.24, 2.45) is 0 Å². The van der Waals surface area contributed by atoms with Crippen molar-refractivity contribution < 1.29 is 12.8 Å². The van der Waals surface area contributed by atoms with Gasteiger partial charge in [-0.2, -0.15) is 4.31 Å². The number of fused-ring (bicyclic) bond motifs is 1. The lowest BCUT2D eigenvalue weighted by molar-refractivity contribution is 0.180. The second kappa shape index (κ2) is 7.66. The van der Waals surface area contributed by atoms with E-state index in [1.807, 2.05) is 19.1 Å². The van der Waals surface area contributed by atoms with Crippen LogP contribution in [0.3, 0.4) is 0 Å². The summed E-state index contributed by atoms with van der Waals surface area (Å²) >= 11 is 0. The molecule has 1 fully saturated rings. The molecule has 0 bridgehead atoms. The lowest BCUT2D eigenvalue weighted by atomic mass is 10.3. The number of benzene rings is 1. The number of aromatic nitrogens is 2. The van der Waals surface area contributed by atoms with Crippen LogP contribution in [0.5, 0.6) is 0 Å². The summed E-state index contributed by atoms with van der Waals surface area (Å²) in [5.74, 6) is -0.575. The third-order valence-electron chi connectivity index (χ3n) is 5.08. The van der Waals surface area contributed by atoms with E-state index < -0.39 is 15.8 Å². The molecule has 3 heterocycles.